The van der Waals surface area contributed by atoms with Crippen molar-refractivity contribution in [2.24, 2.45) is 0 Å². The van der Waals surface area contributed by atoms with Crippen LogP contribution < -0.4 is 15.0 Å². The Morgan fingerprint density at radius 1 is 1.35 bits per heavy atom. The number of rotatable bonds is 2. The molecule has 0 spiro atoms. The van der Waals surface area contributed by atoms with Crippen LogP contribution in [0.2, 0.25) is 0 Å². The summed E-state index contributed by atoms with van der Waals surface area (Å²) in [5.74, 6) is 1.70. The average Bonchev–Trinajstić information content (AvgIpc) is 2.30. The molecule has 0 aliphatic rings. The van der Waals surface area contributed by atoms with E-state index in [1.807, 2.05) is 0 Å². The van der Waals surface area contributed by atoms with Gasteiger partial charge in [0.1, 0.15) is 5.82 Å². The Labute approximate surface area is 111 Å². The van der Waals surface area contributed by atoms with Crippen LogP contribution >= 0.6 is 22.6 Å². The number of aromatic nitrogens is 2. The summed E-state index contributed by atoms with van der Waals surface area (Å²) in [6.45, 7) is 1.74. The van der Waals surface area contributed by atoms with E-state index in [0.717, 1.165) is 3.57 Å². The summed E-state index contributed by atoms with van der Waals surface area (Å²) in [6, 6.07) is 1.64. The van der Waals surface area contributed by atoms with Crippen molar-refractivity contribution < 1.29 is 9.47 Å². The number of nitrogens with one attached hydrogen (secondary N) is 1. The first kappa shape index (κ1) is 12.2. The highest BCUT2D eigenvalue weighted by Gasteiger charge is 2.16. The van der Waals surface area contributed by atoms with Crippen molar-refractivity contribution in [2.75, 3.05) is 14.2 Å². The molecule has 0 aliphatic heterocycles. The average molecular weight is 346 g/mol. The monoisotopic (exact) mass is 346 g/mol. The van der Waals surface area contributed by atoms with Gasteiger partial charge in [0.15, 0.2) is 11.5 Å². The SMILES string of the molecule is COc1cc2c(=O)[nH]c(C)nc2c(I)c1OC. The molecular weight excluding hydrogens is 335 g/mol. The van der Waals surface area contributed by atoms with Crippen molar-refractivity contribution in [3.05, 3.63) is 25.8 Å². The van der Waals surface area contributed by atoms with E-state index in [9.17, 15) is 4.79 Å². The fourth-order valence-corrected chi connectivity index (χ4v) is 2.55. The molecule has 0 aliphatic carbocycles. The van der Waals surface area contributed by atoms with E-state index in [4.69, 9.17) is 9.47 Å². The maximum atomic E-state index is 11.8. The standard InChI is InChI=1S/C11H11IN2O3/c1-5-13-9-6(11(15)14-5)4-7(16-2)10(17-3)8(9)12/h4H,1-3H3,(H,13,14,15). The van der Waals surface area contributed by atoms with Crippen molar-refractivity contribution >= 4 is 33.5 Å². The van der Waals surface area contributed by atoms with E-state index in [2.05, 4.69) is 32.6 Å². The van der Waals surface area contributed by atoms with Crippen molar-refractivity contribution in [1.82, 2.24) is 9.97 Å². The van der Waals surface area contributed by atoms with Crippen molar-refractivity contribution in [3.8, 4) is 11.5 Å². The predicted octanol–water partition coefficient (Wildman–Crippen LogP) is 1.85. The van der Waals surface area contributed by atoms with Crippen LogP contribution in [0.5, 0.6) is 11.5 Å². The summed E-state index contributed by atoms with van der Waals surface area (Å²) in [5, 5.41) is 0.498. The first-order valence-electron chi connectivity index (χ1n) is 4.89. The number of hydrogen-bond acceptors (Lipinski definition) is 4. The van der Waals surface area contributed by atoms with Gasteiger partial charge < -0.3 is 14.5 Å². The quantitative estimate of drug-likeness (QED) is 0.843. The number of fused-ring (bicyclic) bond motifs is 1. The highest BCUT2D eigenvalue weighted by Crippen LogP contribution is 2.36. The first-order chi connectivity index (χ1) is 8.08. The van der Waals surface area contributed by atoms with Gasteiger partial charge in [-0.1, -0.05) is 0 Å². The van der Waals surface area contributed by atoms with Gasteiger partial charge in [0.25, 0.3) is 5.56 Å². The fraction of sp³-hybridized carbons (Fsp3) is 0.273. The number of methoxy groups -OCH3 is 2. The Kier molecular flexibility index (Phi) is 3.23. The second-order valence-corrected chi connectivity index (χ2v) is 4.55. The Bertz CT molecular complexity index is 637. The summed E-state index contributed by atoms with van der Waals surface area (Å²) in [7, 11) is 3.10. The van der Waals surface area contributed by atoms with Crippen molar-refractivity contribution in [2.45, 2.75) is 6.92 Å². The van der Waals surface area contributed by atoms with Gasteiger partial charge in [0.2, 0.25) is 0 Å². The lowest BCUT2D eigenvalue weighted by Gasteiger charge is -2.11. The van der Waals surface area contributed by atoms with E-state index < -0.39 is 0 Å². The Hall–Kier alpha value is -1.31. The number of aryl methyl sites for hydroxylation is 1. The molecule has 90 valence electrons. The predicted molar refractivity (Wildman–Crippen MR) is 72.9 cm³/mol. The van der Waals surface area contributed by atoms with Crippen LogP contribution in [0.4, 0.5) is 0 Å². The number of aromatic amines is 1. The molecular formula is C11H11IN2O3. The lowest BCUT2D eigenvalue weighted by molar-refractivity contribution is 0.353. The molecule has 0 saturated carbocycles. The van der Waals surface area contributed by atoms with E-state index in [0.29, 0.717) is 28.2 Å². The van der Waals surface area contributed by atoms with Gasteiger partial charge in [-0.2, -0.15) is 0 Å². The zero-order valence-corrected chi connectivity index (χ0v) is 11.8. The van der Waals surface area contributed by atoms with Crippen LogP contribution in [0.1, 0.15) is 5.82 Å². The fourth-order valence-electron chi connectivity index (χ4n) is 1.65. The van der Waals surface area contributed by atoms with Crippen LogP contribution in [0.3, 0.4) is 0 Å². The van der Waals surface area contributed by atoms with Gasteiger partial charge in [0.05, 0.1) is 28.7 Å². The number of benzene rings is 1. The second-order valence-electron chi connectivity index (χ2n) is 3.47. The highest BCUT2D eigenvalue weighted by molar-refractivity contribution is 14.1. The molecule has 2 aromatic rings. The molecule has 17 heavy (non-hydrogen) atoms. The highest BCUT2D eigenvalue weighted by atomic mass is 127. The summed E-state index contributed by atoms with van der Waals surface area (Å²) >= 11 is 2.10. The normalized spacial score (nSPS) is 10.6. The maximum absolute atomic E-state index is 11.8. The lowest BCUT2D eigenvalue weighted by Crippen LogP contribution is -2.11. The van der Waals surface area contributed by atoms with Gasteiger partial charge in [-0.25, -0.2) is 4.98 Å². The van der Waals surface area contributed by atoms with E-state index in [1.165, 1.54) is 7.11 Å². The number of halogens is 1. The molecule has 0 amide bonds. The van der Waals surface area contributed by atoms with Gasteiger partial charge in [0, 0.05) is 0 Å². The zero-order valence-electron chi connectivity index (χ0n) is 9.63. The van der Waals surface area contributed by atoms with Gasteiger partial charge >= 0.3 is 0 Å². The van der Waals surface area contributed by atoms with E-state index in [-0.39, 0.29) is 5.56 Å². The van der Waals surface area contributed by atoms with Crippen LogP contribution in [0.15, 0.2) is 10.9 Å². The third kappa shape index (κ3) is 1.97. The minimum atomic E-state index is -0.175. The third-order valence-corrected chi connectivity index (χ3v) is 3.40. The second kappa shape index (κ2) is 4.52. The van der Waals surface area contributed by atoms with Crippen molar-refractivity contribution in [1.29, 1.82) is 0 Å². The van der Waals surface area contributed by atoms with Gasteiger partial charge in [-0.3, -0.25) is 4.79 Å². The topological polar surface area (TPSA) is 64.2 Å². The molecule has 0 saturated heterocycles. The molecule has 0 unspecified atom stereocenters. The zero-order chi connectivity index (χ0) is 12.6. The maximum Gasteiger partial charge on any atom is 0.258 e. The smallest absolute Gasteiger partial charge is 0.258 e. The molecule has 1 N–H and O–H groups in total. The molecule has 0 atom stereocenters. The summed E-state index contributed by atoms with van der Waals surface area (Å²) in [6.07, 6.45) is 0. The largest absolute Gasteiger partial charge is 0.493 e. The lowest BCUT2D eigenvalue weighted by atomic mass is 10.2. The molecule has 1 heterocycles. The van der Waals surface area contributed by atoms with E-state index >= 15 is 0 Å². The van der Waals surface area contributed by atoms with E-state index in [1.54, 1.807) is 20.1 Å². The van der Waals surface area contributed by atoms with Crippen molar-refractivity contribution in [3.63, 3.8) is 0 Å². The van der Waals surface area contributed by atoms with Crippen LogP contribution in [0, 0.1) is 10.5 Å². The van der Waals surface area contributed by atoms with Gasteiger partial charge in [-0.05, 0) is 35.6 Å². The minimum absolute atomic E-state index is 0.175. The summed E-state index contributed by atoms with van der Waals surface area (Å²) in [5.41, 5.74) is 0.455. The molecule has 1 aromatic heterocycles. The van der Waals surface area contributed by atoms with Gasteiger partial charge in [-0.15, -0.1) is 0 Å². The summed E-state index contributed by atoms with van der Waals surface area (Å²) < 4.78 is 11.2. The van der Waals surface area contributed by atoms with Crippen LogP contribution in [0.25, 0.3) is 10.9 Å². The minimum Gasteiger partial charge on any atom is -0.493 e. The van der Waals surface area contributed by atoms with Crippen LogP contribution in [-0.4, -0.2) is 24.2 Å². The van der Waals surface area contributed by atoms with Crippen LogP contribution in [-0.2, 0) is 0 Å². The first-order valence-corrected chi connectivity index (χ1v) is 5.97. The summed E-state index contributed by atoms with van der Waals surface area (Å²) in [4.78, 5) is 18.8. The molecule has 0 bridgehead atoms. The molecule has 0 fully saturated rings. The Morgan fingerprint density at radius 2 is 2.06 bits per heavy atom. The number of nitrogens with zero attached hydrogens (tertiary/aromatic N) is 1. The molecule has 1 aromatic carbocycles. The number of hydrogen-bond donors (Lipinski definition) is 1. The number of ether oxygens (including phenoxy) is 2. The number of H-pyrrole nitrogens is 1. The molecule has 5 nitrogen and oxygen atoms in total. The Balaban J connectivity index is 2.95. The molecule has 2 rings (SSSR count). The third-order valence-electron chi connectivity index (χ3n) is 2.40. The Morgan fingerprint density at radius 3 is 2.65 bits per heavy atom. The molecule has 6 heteroatoms. The molecule has 0 radical (unpaired) electrons.